The number of carboxylic acids is 2. The van der Waals surface area contributed by atoms with Crippen LogP contribution in [0, 0.1) is 0 Å². The number of para-hydroxylation sites is 2. The molecular formula is C24H28N2O6S. The van der Waals surface area contributed by atoms with Crippen LogP contribution in [0.25, 0.3) is 16.6 Å². The number of aliphatic hydroxyl groups is 2. The Morgan fingerprint density at radius 3 is 2.15 bits per heavy atom. The van der Waals surface area contributed by atoms with E-state index in [4.69, 9.17) is 20.4 Å². The monoisotopic (exact) mass is 472 g/mol. The van der Waals surface area contributed by atoms with E-state index in [1.807, 2.05) is 11.8 Å². The van der Waals surface area contributed by atoms with Gasteiger partial charge < -0.3 is 29.9 Å². The van der Waals surface area contributed by atoms with Gasteiger partial charge in [-0.3, -0.25) is 0 Å². The largest absolute Gasteiger partial charge is 0.479 e. The maximum Gasteiger partial charge on any atom is 0.335 e. The van der Waals surface area contributed by atoms with Crippen LogP contribution in [-0.4, -0.2) is 80.4 Å². The van der Waals surface area contributed by atoms with Crippen LogP contribution in [0.15, 0.2) is 59.6 Å². The highest BCUT2D eigenvalue weighted by Crippen LogP contribution is 2.45. The van der Waals surface area contributed by atoms with Crippen molar-refractivity contribution in [2.24, 2.45) is 0 Å². The number of aliphatic hydroxyl groups excluding tert-OH is 2. The summed E-state index contributed by atoms with van der Waals surface area (Å²) in [5.74, 6) is -1.71. The summed E-state index contributed by atoms with van der Waals surface area (Å²) in [4.78, 5) is 21.9. The molecule has 3 aromatic rings. The second-order valence-electron chi connectivity index (χ2n) is 8.07. The lowest BCUT2D eigenvalue weighted by molar-refractivity contribution is -0.165. The zero-order chi connectivity index (χ0) is 24.1. The van der Waals surface area contributed by atoms with Crippen molar-refractivity contribution in [3.05, 3.63) is 60.2 Å². The van der Waals surface area contributed by atoms with Crippen LogP contribution in [-0.2, 0) is 9.59 Å². The third-order valence-electron chi connectivity index (χ3n) is 5.39. The molecule has 1 aliphatic heterocycles. The first kappa shape index (κ1) is 24.8. The van der Waals surface area contributed by atoms with Gasteiger partial charge >= 0.3 is 11.9 Å². The molecule has 3 unspecified atom stereocenters. The van der Waals surface area contributed by atoms with Crippen LogP contribution in [0.1, 0.15) is 17.9 Å². The highest BCUT2D eigenvalue weighted by atomic mass is 32.2. The van der Waals surface area contributed by atoms with Crippen molar-refractivity contribution in [2.75, 3.05) is 26.4 Å². The Hall–Kier alpha value is -2.85. The minimum Gasteiger partial charge on any atom is -0.479 e. The summed E-state index contributed by atoms with van der Waals surface area (Å²) >= 11 is 2.01. The van der Waals surface area contributed by atoms with Crippen molar-refractivity contribution in [3.8, 4) is 5.69 Å². The number of nitrogens with zero attached hydrogens (tertiary/aromatic N) is 2. The fraction of sp³-hybridized carbons (Fsp3) is 0.333. The Balaban J connectivity index is 0.000000262. The molecule has 3 atom stereocenters. The summed E-state index contributed by atoms with van der Waals surface area (Å²) in [6, 6.07) is 19.6. The van der Waals surface area contributed by atoms with Crippen molar-refractivity contribution < 1.29 is 30.0 Å². The topological polar surface area (TPSA) is 123 Å². The molecule has 176 valence electrons. The lowest BCUT2D eigenvalue weighted by Gasteiger charge is -2.26. The standard InChI is InChI=1S/C20H22N2S.C4H6O6/c1-21(2)14-15-12-13-23-20-19(15)17-10-6-7-11-18(17)22(20)16-8-4-3-5-9-16;5-1(3(7)8)2(6)4(9)10/h3-11,15H,12-14H2,1-2H3;1-2,5-6H,(H,7,8)(H,9,10). The molecule has 4 rings (SSSR count). The summed E-state index contributed by atoms with van der Waals surface area (Å²) in [5.41, 5.74) is 4.15. The zero-order valence-corrected chi connectivity index (χ0v) is 19.3. The average molecular weight is 473 g/mol. The van der Waals surface area contributed by atoms with Gasteiger partial charge in [-0.25, -0.2) is 9.59 Å². The first-order chi connectivity index (χ1) is 15.7. The van der Waals surface area contributed by atoms with Gasteiger partial charge in [0.05, 0.1) is 10.5 Å². The molecule has 0 saturated heterocycles. The van der Waals surface area contributed by atoms with Gasteiger partial charge in [-0.15, -0.1) is 11.8 Å². The summed E-state index contributed by atoms with van der Waals surface area (Å²) in [6.45, 7) is 1.12. The van der Waals surface area contributed by atoms with Crippen LogP contribution < -0.4 is 0 Å². The molecular weight excluding hydrogens is 444 g/mol. The van der Waals surface area contributed by atoms with E-state index >= 15 is 0 Å². The number of hydrogen-bond donors (Lipinski definition) is 4. The molecule has 9 heteroatoms. The van der Waals surface area contributed by atoms with Crippen molar-refractivity contribution in [1.29, 1.82) is 0 Å². The van der Waals surface area contributed by atoms with Crippen molar-refractivity contribution >= 4 is 34.6 Å². The first-order valence-corrected chi connectivity index (χ1v) is 11.5. The molecule has 0 spiro atoms. The van der Waals surface area contributed by atoms with E-state index in [1.165, 1.54) is 33.8 Å². The van der Waals surface area contributed by atoms with E-state index in [-0.39, 0.29) is 0 Å². The lowest BCUT2D eigenvalue weighted by Crippen LogP contribution is -2.39. The number of carbonyl (C=O) groups is 2. The maximum absolute atomic E-state index is 9.77. The van der Waals surface area contributed by atoms with Gasteiger partial charge in [0.25, 0.3) is 0 Å². The van der Waals surface area contributed by atoms with Crippen LogP contribution in [0.5, 0.6) is 0 Å². The van der Waals surface area contributed by atoms with E-state index in [1.54, 1.807) is 5.56 Å². The molecule has 4 N–H and O–H groups in total. The number of rotatable bonds is 6. The van der Waals surface area contributed by atoms with Crippen molar-refractivity contribution in [1.82, 2.24) is 9.47 Å². The zero-order valence-electron chi connectivity index (χ0n) is 18.5. The summed E-state index contributed by atoms with van der Waals surface area (Å²) in [5, 5.41) is 35.4. The number of aliphatic carboxylic acids is 2. The molecule has 1 aromatic heterocycles. The molecule has 0 amide bonds. The van der Waals surface area contributed by atoms with Crippen molar-refractivity contribution in [2.45, 2.75) is 29.6 Å². The third kappa shape index (κ3) is 5.56. The Bertz CT molecular complexity index is 1100. The molecule has 0 saturated carbocycles. The normalized spacial score (nSPS) is 17.1. The summed E-state index contributed by atoms with van der Waals surface area (Å²) in [7, 11) is 4.36. The lowest BCUT2D eigenvalue weighted by atomic mass is 9.95. The third-order valence-corrected chi connectivity index (χ3v) is 6.50. The average Bonchev–Trinajstić information content (AvgIpc) is 3.14. The number of hydrogen-bond acceptors (Lipinski definition) is 6. The van der Waals surface area contributed by atoms with E-state index in [0.717, 1.165) is 6.54 Å². The fourth-order valence-electron chi connectivity index (χ4n) is 3.95. The number of fused-ring (bicyclic) bond motifs is 3. The Morgan fingerprint density at radius 2 is 1.58 bits per heavy atom. The number of benzene rings is 2. The van der Waals surface area contributed by atoms with Gasteiger partial charge in [0, 0.05) is 29.3 Å². The summed E-state index contributed by atoms with van der Waals surface area (Å²) in [6.07, 6.45) is -3.27. The molecule has 0 bridgehead atoms. The van der Waals surface area contributed by atoms with E-state index in [0.29, 0.717) is 5.92 Å². The Labute approximate surface area is 196 Å². The van der Waals surface area contributed by atoms with Crippen LogP contribution >= 0.6 is 11.8 Å². The SMILES string of the molecule is CN(C)CC1CCSc2c1c1ccccc1n2-c1ccccc1.O=C(O)C(O)C(O)C(=O)O. The highest BCUT2D eigenvalue weighted by molar-refractivity contribution is 7.99. The van der Waals surface area contributed by atoms with Crippen LogP contribution in [0.3, 0.4) is 0 Å². The van der Waals surface area contributed by atoms with Gasteiger partial charge in [-0.05, 0) is 44.3 Å². The fourth-order valence-corrected chi connectivity index (χ4v) is 5.31. The smallest absolute Gasteiger partial charge is 0.335 e. The van der Waals surface area contributed by atoms with Gasteiger partial charge in [0.1, 0.15) is 0 Å². The molecule has 8 nitrogen and oxygen atoms in total. The number of likely N-dealkylation sites (N-methyl/N-ethyl adjacent to an activating group) is 1. The molecule has 0 radical (unpaired) electrons. The van der Waals surface area contributed by atoms with Crippen LogP contribution in [0.2, 0.25) is 0 Å². The van der Waals surface area contributed by atoms with Crippen LogP contribution in [0.4, 0.5) is 0 Å². The minimum atomic E-state index is -2.27. The van der Waals surface area contributed by atoms with Gasteiger partial charge in [-0.1, -0.05) is 36.4 Å². The van der Waals surface area contributed by atoms with Gasteiger partial charge in [0.2, 0.25) is 0 Å². The second-order valence-corrected chi connectivity index (χ2v) is 9.15. The van der Waals surface area contributed by atoms with E-state index in [9.17, 15) is 9.59 Å². The number of carboxylic acid groups (broad SMARTS) is 2. The maximum atomic E-state index is 9.77. The minimum absolute atomic E-state index is 0.621. The van der Waals surface area contributed by atoms with E-state index < -0.39 is 24.1 Å². The Morgan fingerprint density at radius 1 is 1.00 bits per heavy atom. The first-order valence-electron chi connectivity index (χ1n) is 10.5. The molecule has 2 aromatic carbocycles. The molecule has 33 heavy (non-hydrogen) atoms. The molecule has 0 aliphatic carbocycles. The number of aromatic nitrogens is 1. The predicted octanol–water partition coefficient (Wildman–Crippen LogP) is 2.65. The van der Waals surface area contributed by atoms with Gasteiger partial charge in [-0.2, -0.15) is 0 Å². The molecule has 0 fully saturated rings. The highest BCUT2D eigenvalue weighted by Gasteiger charge is 2.30. The quantitative estimate of drug-likeness (QED) is 0.432. The Kier molecular flexibility index (Phi) is 8.15. The molecule has 1 aliphatic rings. The molecule has 2 heterocycles. The second kappa shape index (κ2) is 10.8. The predicted molar refractivity (Wildman–Crippen MR) is 127 cm³/mol. The number of thioether (sulfide) groups is 1. The summed E-state index contributed by atoms with van der Waals surface area (Å²) < 4.78 is 2.46. The van der Waals surface area contributed by atoms with Crippen molar-refractivity contribution in [3.63, 3.8) is 0 Å². The van der Waals surface area contributed by atoms with E-state index in [2.05, 4.69) is 78.2 Å². The van der Waals surface area contributed by atoms with Gasteiger partial charge in [0.15, 0.2) is 12.2 Å².